The molecular formula is C39H55IN6. The summed E-state index contributed by atoms with van der Waals surface area (Å²) in [6.07, 6.45) is 15.6. The van der Waals surface area contributed by atoms with Crippen molar-refractivity contribution < 1.29 is 0 Å². The van der Waals surface area contributed by atoms with Crippen LogP contribution in [-0.2, 0) is 0 Å². The minimum absolute atomic E-state index is 0.0697. The minimum atomic E-state index is 0.0697. The number of nitrogens with zero attached hydrogens (tertiary/aromatic N) is 2. The Morgan fingerprint density at radius 1 is 0.609 bits per heavy atom. The maximum atomic E-state index is 6.32. The van der Waals surface area contributed by atoms with E-state index in [1.807, 2.05) is 18.2 Å². The van der Waals surface area contributed by atoms with E-state index in [1.54, 1.807) is 0 Å². The molecule has 0 radical (unpaired) electrons. The first-order chi connectivity index (χ1) is 21.6. The molecule has 0 aliphatic heterocycles. The number of halogens is 1. The van der Waals surface area contributed by atoms with Crippen LogP contribution in [0.25, 0.3) is 0 Å². The molecule has 4 unspecified atom stereocenters. The molecule has 10 rings (SSSR count). The van der Waals surface area contributed by atoms with E-state index >= 15 is 0 Å². The van der Waals surface area contributed by atoms with Crippen molar-refractivity contribution >= 4 is 45.9 Å². The Morgan fingerprint density at radius 2 is 1.00 bits per heavy atom. The number of nitrogens with one attached hydrogen (secondary N) is 2. The van der Waals surface area contributed by atoms with Gasteiger partial charge in [-0.2, -0.15) is 0 Å². The van der Waals surface area contributed by atoms with Gasteiger partial charge >= 0.3 is 0 Å². The van der Waals surface area contributed by atoms with E-state index in [4.69, 9.17) is 21.5 Å². The highest BCUT2D eigenvalue weighted by Crippen LogP contribution is 2.68. The lowest BCUT2D eigenvalue weighted by atomic mass is 9.43. The van der Waals surface area contributed by atoms with Gasteiger partial charge in [0.05, 0.1) is 16.8 Å². The maximum absolute atomic E-state index is 6.32. The van der Waals surface area contributed by atoms with Crippen LogP contribution in [0.3, 0.4) is 0 Å². The highest BCUT2D eigenvalue weighted by molar-refractivity contribution is 14.1. The fraction of sp³-hybridized carbons (Fsp3) is 0.641. The summed E-state index contributed by atoms with van der Waals surface area (Å²) in [5, 5.41) is 6.67. The van der Waals surface area contributed by atoms with Gasteiger partial charge in [-0.15, -0.1) is 0 Å². The third-order valence-electron chi connectivity index (χ3n) is 12.5. The van der Waals surface area contributed by atoms with Gasteiger partial charge in [-0.1, -0.05) is 58.0 Å². The second-order valence-electron chi connectivity index (χ2n) is 18.2. The molecule has 2 aromatic rings. The minimum Gasteiger partial charge on any atom is -0.370 e. The Kier molecular flexibility index (Phi) is 7.81. The normalized spacial score (nSPS) is 42.0. The molecule has 7 heteroatoms. The number of benzene rings is 2. The number of rotatable bonds is 4. The number of hydrogen-bond acceptors (Lipinski definition) is 2. The van der Waals surface area contributed by atoms with E-state index in [9.17, 15) is 0 Å². The van der Waals surface area contributed by atoms with E-state index in [1.165, 1.54) is 86.2 Å². The molecule has 8 fully saturated rings. The molecule has 8 saturated carbocycles. The molecule has 6 nitrogen and oxygen atoms in total. The molecule has 6 N–H and O–H groups in total. The lowest BCUT2D eigenvalue weighted by molar-refractivity contribution is -0.104. The highest BCUT2D eigenvalue weighted by atomic mass is 127. The summed E-state index contributed by atoms with van der Waals surface area (Å²) in [6, 6.07) is 16.5. The zero-order chi connectivity index (χ0) is 32.6. The Bertz CT molecular complexity index is 1410. The van der Waals surface area contributed by atoms with Gasteiger partial charge in [-0.05, 0) is 164 Å². The topological polar surface area (TPSA) is 101 Å². The van der Waals surface area contributed by atoms with Gasteiger partial charge < -0.3 is 22.1 Å². The number of nitrogens with two attached hydrogens (primary N) is 2. The molecule has 0 saturated heterocycles. The van der Waals surface area contributed by atoms with Crippen molar-refractivity contribution in [3.05, 3.63) is 57.7 Å². The second kappa shape index (κ2) is 11.1. The standard InChI is InChI=1S/C20H29N3.C19H26IN3/c1-14-6-4-5-7-16(14)22-17(21)23-20-10-15-8-18(2,12-20)11-19(3,9-15)13-20;1-17-7-13-8-18(2,10-17)12-19(9-13,11-17)23-16(21)22-15-6-4-3-5-14(15)20/h4-7,15H,8-13H2,1-3H3,(H3,21,22,23);3-6,13H,7-12H2,1-2H3,(H3,21,22,23). The molecular weight excluding hydrogens is 679 g/mol. The van der Waals surface area contributed by atoms with Crippen LogP contribution in [0, 0.1) is 44.0 Å². The molecule has 46 heavy (non-hydrogen) atoms. The first-order valence-electron chi connectivity index (χ1n) is 17.6. The Morgan fingerprint density at radius 3 is 1.41 bits per heavy atom. The van der Waals surface area contributed by atoms with E-state index in [0.717, 1.165) is 23.2 Å². The van der Waals surface area contributed by atoms with Crippen LogP contribution >= 0.6 is 22.6 Å². The number of anilines is 2. The summed E-state index contributed by atoms with van der Waals surface area (Å²) in [5.41, 5.74) is 18.0. The van der Waals surface area contributed by atoms with Crippen LogP contribution in [0.1, 0.15) is 110 Å². The summed E-state index contributed by atoms with van der Waals surface area (Å²) in [7, 11) is 0. The van der Waals surface area contributed by atoms with E-state index in [-0.39, 0.29) is 11.1 Å². The van der Waals surface area contributed by atoms with Crippen molar-refractivity contribution in [3.63, 3.8) is 0 Å². The molecule has 0 spiro atoms. The van der Waals surface area contributed by atoms with Gasteiger partial charge in [-0.3, -0.25) is 0 Å². The molecule has 248 valence electrons. The zero-order valence-electron chi connectivity index (χ0n) is 28.7. The largest absolute Gasteiger partial charge is 0.370 e. The Hall–Kier alpha value is -2.29. The van der Waals surface area contributed by atoms with Crippen molar-refractivity contribution in [2.75, 3.05) is 10.6 Å². The van der Waals surface area contributed by atoms with Gasteiger partial charge in [0.25, 0.3) is 0 Å². The number of hydrogen-bond donors (Lipinski definition) is 4. The number of aliphatic imine (C=N–C) groups is 2. The average Bonchev–Trinajstić information content (AvgIpc) is 2.87. The van der Waals surface area contributed by atoms with Crippen LogP contribution in [0.4, 0.5) is 11.4 Å². The van der Waals surface area contributed by atoms with Crippen molar-refractivity contribution in [2.24, 2.45) is 54.9 Å². The van der Waals surface area contributed by atoms with Gasteiger partial charge in [-0.25, -0.2) is 9.98 Å². The number of para-hydroxylation sites is 2. The molecule has 0 aromatic heterocycles. The SMILES string of the molecule is CC12CC3CC(C)(C1)CC(N=C(N)Nc1ccccc1I)(C3)C2.Cc1ccccc1NC(N)=NC12CC3CC(C)(CC(C)(C3)C1)C2. The molecule has 8 aliphatic carbocycles. The average molecular weight is 735 g/mol. The smallest absolute Gasteiger partial charge is 0.193 e. The lowest BCUT2D eigenvalue weighted by Crippen LogP contribution is -2.58. The third-order valence-corrected chi connectivity index (χ3v) is 13.4. The fourth-order valence-electron chi connectivity index (χ4n) is 13.1. The van der Waals surface area contributed by atoms with Crippen LogP contribution in [0.5, 0.6) is 0 Å². The predicted molar refractivity (Wildman–Crippen MR) is 201 cm³/mol. The van der Waals surface area contributed by atoms with Crippen molar-refractivity contribution in [2.45, 2.75) is 123 Å². The van der Waals surface area contributed by atoms with Gasteiger partial charge in [0, 0.05) is 9.26 Å². The quantitative estimate of drug-likeness (QED) is 0.143. The summed E-state index contributed by atoms with van der Waals surface area (Å²) in [5.74, 6) is 2.86. The monoisotopic (exact) mass is 734 g/mol. The van der Waals surface area contributed by atoms with Crippen LogP contribution in [0.15, 0.2) is 58.5 Å². The van der Waals surface area contributed by atoms with Gasteiger partial charge in [0.1, 0.15) is 0 Å². The summed E-state index contributed by atoms with van der Waals surface area (Å²) < 4.78 is 1.17. The van der Waals surface area contributed by atoms with Crippen molar-refractivity contribution in [1.29, 1.82) is 0 Å². The Balaban J connectivity index is 0.000000147. The highest BCUT2D eigenvalue weighted by Gasteiger charge is 2.61. The first-order valence-corrected chi connectivity index (χ1v) is 18.7. The molecule has 2 aromatic carbocycles. The number of aryl methyl sites for hydroxylation is 1. The summed E-state index contributed by atoms with van der Waals surface area (Å²) in [6.45, 7) is 12.0. The fourth-order valence-corrected chi connectivity index (χ4v) is 13.7. The third kappa shape index (κ3) is 6.43. The molecule has 8 aliphatic rings. The van der Waals surface area contributed by atoms with Crippen molar-refractivity contribution in [3.8, 4) is 0 Å². The van der Waals surface area contributed by atoms with Crippen LogP contribution in [-0.4, -0.2) is 23.0 Å². The maximum Gasteiger partial charge on any atom is 0.193 e. The van der Waals surface area contributed by atoms with Gasteiger partial charge in [0.2, 0.25) is 0 Å². The summed E-state index contributed by atoms with van der Waals surface area (Å²) in [4.78, 5) is 10.2. The molecule has 8 bridgehead atoms. The van der Waals surface area contributed by atoms with E-state index in [2.05, 4.69) is 98.2 Å². The molecule has 4 atom stereocenters. The number of guanidine groups is 2. The van der Waals surface area contributed by atoms with Crippen LogP contribution in [0.2, 0.25) is 0 Å². The zero-order valence-corrected chi connectivity index (χ0v) is 30.8. The van der Waals surface area contributed by atoms with Crippen molar-refractivity contribution in [1.82, 2.24) is 0 Å². The van der Waals surface area contributed by atoms with Crippen LogP contribution < -0.4 is 22.1 Å². The molecule has 0 amide bonds. The Labute approximate surface area is 290 Å². The summed E-state index contributed by atoms with van der Waals surface area (Å²) >= 11 is 2.33. The van der Waals surface area contributed by atoms with Gasteiger partial charge in [0.15, 0.2) is 11.9 Å². The second-order valence-corrected chi connectivity index (χ2v) is 19.4. The van der Waals surface area contributed by atoms with E-state index in [0.29, 0.717) is 33.6 Å². The predicted octanol–water partition coefficient (Wildman–Crippen LogP) is 9.24. The lowest BCUT2D eigenvalue weighted by Gasteiger charge is -2.64. The first kappa shape index (κ1) is 32.3. The molecule has 0 heterocycles. The van der Waals surface area contributed by atoms with E-state index < -0.39 is 0 Å².